The van der Waals surface area contributed by atoms with Crippen LogP contribution in [0.5, 0.6) is 0 Å². The van der Waals surface area contributed by atoms with Crippen molar-refractivity contribution in [2.24, 2.45) is 0 Å². The van der Waals surface area contributed by atoms with Gasteiger partial charge >= 0.3 is 6.03 Å². The van der Waals surface area contributed by atoms with E-state index in [-0.39, 0.29) is 5.91 Å². The number of benzene rings is 1. The van der Waals surface area contributed by atoms with Crippen molar-refractivity contribution in [2.45, 2.75) is 31.2 Å². The Morgan fingerprint density at radius 1 is 1.25 bits per heavy atom. The highest BCUT2D eigenvalue weighted by Crippen LogP contribution is 2.37. The van der Waals surface area contributed by atoms with Gasteiger partial charge in [0.2, 0.25) is 0 Å². The molecule has 2 aliphatic rings. The molecule has 2 N–H and O–H groups in total. The predicted octanol–water partition coefficient (Wildman–Crippen LogP) is 2.70. The van der Waals surface area contributed by atoms with Gasteiger partial charge < -0.3 is 5.32 Å². The summed E-state index contributed by atoms with van der Waals surface area (Å²) in [6.07, 6.45) is 4.77. The molecule has 1 spiro atoms. The number of aryl methyl sites for hydroxylation is 1. The Morgan fingerprint density at radius 2 is 2.12 bits per heavy atom. The van der Waals surface area contributed by atoms with Crippen LogP contribution in [-0.4, -0.2) is 16.9 Å². The number of rotatable bonds is 2. The molecule has 24 heavy (non-hydrogen) atoms. The lowest BCUT2D eigenvalue weighted by atomic mass is 9.77. The second-order valence-corrected chi connectivity index (χ2v) is 6.74. The second-order valence-electron chi connectivity index (χ2n) is 6.31. The summed E-state index contributed by atoms with van der Waals surface area (Å²) < 4.78 is 0. The molecule has 4 rings (SSSR count). The lowest BCUT2D eigenvalue weighted by Crippen LogP contribution is -2.46. The molecule has 1 aromatic carbocycles. The van der Waals surface area contributed by atoms with E-state index in [0.717, 1.165) is 35.2 Å². The van der Waals surface area contributed by atoms with Gasteiger partial charge in [-0.3, -0.25) is 15.1 Å². The van der Waals surface area contributed by atoms with E-state index in [2.05, 4.69) is 15.6 Å². The fourth-order valence-electron chi connectivity index (χ4n) is 3.61. The van der Waals surface area contributed by atoms with Crippen LogP contribution < -0.4 is 10.6 Å². The predicted molar refractivity (Wildman–Crippen MR) is 89.8 cm³/mol. The van der Waals surface area contributed by atoms with Gasteiger partial charge in [-0.1, -0.05) is 23.7 Å². The highest BCUT2D eigenvalue weighted by Gasteiger charge is 2.49. The van der Waals surface area contributed by atoms with E-state index < -0.39 is 11.6 Å². The lowest BCUT2D eigenvalue weighted by Gasteiger charge is -2.33. The van der Waals surface area contributed by atoms with Crippen molar-refractivity contribution in [3.63, 3.8) is 0 Å². The van der Waals surface area contributed by atoms with Gasteiger partial charge in [0.1, 0.15) is 5.54 Å². The SMILES string of the molecule is O=C1NC(=O)C2(CCCc3cnc(Cc4cccc(Cl)c4)cc32)N1. The standard InChI is InChI=1S/C18H16ClN3O2/c19-13-5-1-3-11(7-13)8-14-9-15-12(10-20-14)4-2-6-18(15)16(23)21-17(24)22-18/h1,3,5,7,9-10H,2,4,6,8H2,(H2,21,22,23,24). The third kappa shape index (κ3) is 2.45. The number of amides is 3. The van der Waals surface area contributed by atoms with E-state index in [4.69, 9.17) is 11.6 Å². The average molecular weight is 342 g/mol. The smallest absolute Gasteiger partial charge is 0.319 e. The molecule has 1 unspecified atom stereocenters. The number of nitrogens with one attached hydrogen (secondary N) is 2. The highest BCUT2D eigenvalue weighted by molar-refractivity contribution is 6.30. The summed E-state index contributed by atoms with van der Waals surface area (Å²) in [5.41, 5.74) is 2.85. The van der Waals surface area contributed by atoms with Gasteiger partial charge in [0, 0.05) is 23.3 Å². The van der Waals surface area contributed by atoms with E-state index >= 15 is 0 Å². The Kier molecular flexibility index (Phi) is 3.53. The summed E-state index contributed by atoms with van der Waals surface area (Å²) in [6.45, 7) is 0. The summed E-state index contributed by atoms with van der Waals surface area (Å²) in [5, 5.41) is 5.88. The summed E-state index contributed by atoms with van der Waals surface area (Å²) in [6, 6.07) is 9.15. The monoisotopic (exact) mass is 341 g/mol. The summed E-state index contributed by atoms with van der Waals surface area (Å²) in [5.74, 6) is -0.270. The van der Waals surface area contributed by atoms with Crippen LogP contribution >= 0.6 is 11.6 Å². The summed E-state index contributed by atoms with van der Waals surface area (Å²) in [7, 11) is 0. The highest BCUT2D eigenvalue weighted by atomic mass is 35.5. The molecular weight excluding hydrogens is 326 g/mol. The van der Waals surface area contributed by atoms with E-state index in [1.54, 1.807) is 0 Å². The van der Waals surface area contributed by atoms with Crippen molar-refractivity contribution in [1.82, 2.24) is 15.6 Å². The van der Waals surface area contributed by atoms with Crippen LogP contribution in [0.15, 0.2) is 36.5 Å². The van der Waals surface area contributed by atoms with Crippen molar-refractivity contribution in [2.75, 3.05) is 0 Å². The molecule has 3 amide bonds. The number of carbonyl (C=O) groups excluding carboxylic acids is 2. The van der Waals surface area contributed by atoms with Crippen molar-refractivity contribution in [1.29, 1.82) is 0 Å². The largest absolute Gasteiger partial charge is 0.322 e. The first-order chi connectivity index (χ1) is 11.6. The van der Waals surface area contributed by atoms with Crippen LogP contribution in [0.3, 0.4) is 0 Å². The van der Waals surface area contributed by atoms with Gasteiger partial charge in [0.25, 0.3) is 5.91 Å². The van der Waals surface area contributed by atoms with Crippen LogP contribution in [0.1, 0.15) is 35.2 Å². The third-order valence-electron chi connectivity index (χ3n) is 4.72. The maximum atomic E-state index is 12.4. The number of nitrogens with zero attached hydrogens (tertiary/aromatic N) is 1. The quantitative estimate of drug-likeness (QED) is 0.825. The van der Waals surface area contributed by atoms with E-state index in [1.807, 2.05) is 36.5 Å². The topological polar surface area (TPSA) is 71.1 Å². The first kappa shape index (κ1) is 15.1. The van der Waals surface area contributed by atoms with E-state index in [9.17, 15) is 9.59 Å². The zero-order valence-electron chi connectivity index (χ0n) is 12.9. The molecule has 0 radical (unpaired) electrons. The Labute approximate surface area is 144 Å². The molecule has 5 nitrogen and oxygen atoms in total. The fraction of sp³-hybridized carbons (Fsp3) is 0.278. The number of carbonyl (C=O) groups is 2. The van der Waals surface area contributed by atoms with Gasteiger partial charge in [0.15, 0.2) is 0 Å². The molecule has 1 fully saturated rings. The Morgan fingerprint density at radius 3 is 2.88 bits per heavy atom. The minimum atomic E-state index is -0.948. The van der Waals surface area contributed by atoms with Crippen molar-refractivity contribution in [3.05, 3.63) is 63.9 Å². The minimum absolute atomic E-state index is 0.270. The molecule has 1 atom stereocenters. The molecule has 0 saturated carbocycles. The normalized spacial score (nSPS) is 22.2. The first-order valence-electron chi connectivity index (χ1n) is 7.93. The zero-order valence-corrected chi connectivity index (χ0v) is 13.7. The molecule has 1 aliphatic heterocycles. The van der Waals surface area contributed by atoms with Crippen LogP contribution in [0.4, 0.5) is 4.79 Å². The molecule has 2 aromatic rings. The molecule has 1 saturated heterocycles. The number of pyridine rings is 1. The van der Waals surface area contributed by atoms with Crippen LogP contribution in [0, 0.1) is 0 Å². The number of urea groups is 1. The van der Waals surface area contributed by atoms with Crippen molar-refractivity contribution in [3.8, 4) is 0 Å². The Balaban J connectivity index is 1.73. The van der Waals surface area contributed by atoms with Crippen LogP contribution in [0.25, 0.3) is 0 Å². The number of imide groups is 1. The van der Waals surface area contributed by atoms with Gasteiger partial charge in [-0.25, -0.2) is 4.79 Å². The molecule has 1 aromatic heterocycles. The third-order valence-corrected chi connectivity index (χ3v) is 4.95. The average Bonchev–Trinajstić information content (AvgIpc) is 2.83. The van der Waals surface area contributed by atoms with Crippen LogP contribution in [0.2, 0.25) is 5.02 Å². The number of hydrogen-bond acceptors (Lipinski definition) is 3. The fourth-order valence-corrected chi connectivity index (χ4v) is 3.83. The maximum absolute atomic E-state index is 12.4. The lowest BCUT2D eigenvalue weighted by molar-refractivity contribution is -0.124. The molecular formula is C18H16ClN3O2. The Hall–Kier alpha value is -2.40. The molecule has 0 bridgehead atoms. The molecule has 1 aliphatic carbocycles. The molecule has 2 heterocycles. The summed E-state index contributed by atoms with van der Waals surface area (Å²) >= 11 is 6.04. The maximum Gasteiger partial charge on any atom is 0.322 e. The Bertz CT molecular complexity index is 852. The first-order valence-corrected chi connectivity index (χ1v) is 8.31. The van der Waals surface area contributed by atoms with Gasteiger partial charge in [0.05, 0.1) is 0 Å². The van der Waals surface area contributed by atoms with Gasteiger partial charge in [-0.2, -0.15) is 0 Å². The number of fused-ring (bicyclic) bond motifs is 2. The van der Waals surface area contributed by atoms with E-state index in [1.165, 1.54) is 0 Å². The molecule has 122 valence electrons. The number of halogens is 1. The summed E-state index contributed by atoms with van der Waals surface area (Å²) in [4.78, 5) is 28.6. The van der Waals surface area contributed by atoms with Gasteiger partial charge in [-0.15, -0.1) is 0 Å². The number of aromatic nitrogens is 1. The van der Waals surface area contributed by atoms with E-state index in [0.29, 0.717) is 17.9 Å². The number of hydrogen-bond donors (Lipinski definition) is 2. The molecule has 6 heteroatoms. The van der Waals surface area contributed by atoms with Crippen molar-refractivity contribution < 1.29 is 9.59 Å². The van der Waals surface area contributed by atoms with Crippen molar-refractivity contribution >= 4 is 23.5 Å². The minimum Gasteiger partial charge on any atom is -0.319 e. The zero-order chi connectivity index (χ0) is 16.7. The second kappa shape index (κ2) is 5.60. The van der Waals surface area contributed by atoms with Gasteiger partial charge in [-0.05, 0) is 54.2 Å². The van der Waals surface area contributed by atoms with Crippen LogP contribution in [-0.2, 0) is 23.2 Å².